The maximum atomic E-state index is 13.8. The number of hydrogen-bond acceptors (Lipinski definition) is 13. The summed E-state index contributed by atoms with van der Waals surface area (Å²) in [5.74, 6) is -2.70. The van der Waals surface area contributed by atoms with E-state index in [2.05, 4.69) is 5.32 Å². The largest absolute Gasteiger partial charge is 0.452 e. The number of hydrogen-bond donors (Lipinski definition) is 4. The van der Waals surface area contributed by atoms with Gasteiger partial charge in [-0.3, -0.25) is 9.59 Å². The monoisotopic (exact) mass is 674 g/mol. The van der Waals surface area contributed by atoms with Crippen LogP contribution in [-0.2, 0) is 38.0 Å². The summed E-state index contributed by atoms with van der Waals surface area (Å²) in [5.41, 5.74) is -2.48. The Labute approximate surface area is 280 Å². The van der Waals surface area contributed by atoms with E-state index < -0.39 is 84.3 Å². The second-order valence-electron chi connectivity index (χ2n) is 15.1. The molecule has 274 valence electrons. The molecule has 0 saturated carbocycles. The van der Waals surface area contributed by atoms with E-state index in [0.29, 0.717) is 13.0 Å². The summed E-state index contributed by atoms with van der Waals surface area (Å²) >= 11 is 0. The molecule has 0 unspecified atom stereocenters. The summed E-state index contributed by atoms with van der Waals surface area (Å²) in [7, 11) is 5.28. The van der Waals surface area contributed by atoms with Gasteiger partial charge in [0.05, 0.1) is 41.5 Å². The molecule has 16 atom stereocenters. The summed E-state index contributed by atoms with van der Waals surface area (Å²) in [5, 5.41) is 37.8. The molecule has 0 bridgehead atoms. The van der Waals surface area contributed by atoms with E-state index in [1.54, 1.807) is 34.6 Å². The van der Waals surface area contributed by atoms with Crippen molar-refractivity contribution < 1.29 is 53.3 Å². The molecule has 13 heteroatoms. The topological polar surface area (TPSA) is 165 Å². The van der Waals surface area contributed by atoms with E-state index in [0.717, 1.165) is 0 Å². The number of nitrogens with zero attached hydrogens (tertiary/aromatic N) is 1. The first kappa shape index (κ1) is 40.2. The predicted octanol–water partition coefficient (Wildman–Crippen LogP) is 1.63. The molecule has 0 aromatic rings. The van der Waals surface area contributed by atoms with Gasteiger partial charge in [-0.25, -0.2) is 0 Å². The Morgan fingerprint density at radius 1 is 1.02 bits per heavy atom. The number of cyclic esters (lactones) is 1. The lowest BCUT2D eigenvalue weighted by atomic mass is 9.77. The van der Waals surface area contributed by atoms with Crippen molar-refractivity contribution in [1.29, 1.82) is 0 Å². The van der Waals surface area contributed by atoms with Crippen LogP contribution in [0.4, 0.5) is 0 Å². The first-order valence-electron chi connectivity index (χ1n) is 17.1. The molecule has 0 spiro atoms. The SMILES string of the molecule is CO[C@]1(C)C[C@H](O[C@H]2[C@H](C)[C@@H](O[C@@H]3O[C@H](C)C[C@H](N(C)C)[C@H]3O)[C@@](C)(O)C[C@@H](C)CN[C@@H](C)[C@H](C(C)=O)OC(=O)[C@@H]2C)O[C@@H](C)[C@@H]1O. The lowest BCUT2D eigenvalue weighted by Crippen LogP contribution is -2.60. The molecule has 0 aliphatic carbocycles. The Morgan fingerprint density at radius 3 is 2.23 bits per heavy atom. The number of aliphatic hydroxyl groups excluding tert-OH is 2. The number of ketones is 1. The number of carbonyl (C=O) groups excluding carboxylic acids is 2. The first-order chi connectivity index (χ1) is 21.7. The quantitative estimate of drug-likeness (QED) is 0.288. The van der Waals surface area contributed by atoms with Crippen molar-refractivity contribution in [3.8, 4) is 0 Å². The van der Waals surface area contributed by atoms with Crippen LogP contribution in [0.5, 0.6) is 0 Å². The van der Waals surface area contributed by atoms with Crippen LogP contribution in [0.15, 0.2) is 0 Å². The molecule has 0 aromatic carbocycles. The van der Waals surface area contributed by atoms with Gasteiger partial charge in [-0.2, -0.15) is 0 Å². The zero-order valence-corrected chi connectivity index (χ0v) is 30.5. The van der Waals surface area contributed by atoms with Crippen molar-refractivity contribution in [3.05, 3.63) is 0 Å². The van der Waals surface area contributed by atoms with Crippen molar-refractivity contribution in [1.82, 2.24) is 10.2 Å². The average molecular weight is 675 g/mol. The highest BCUT2D eigenvalue weighted by atomic mass is 16.7. The second kappa shape index (κ2) is 16.2. The normalized spacial score (nSPS) is 47.8. The molecule has 0 radical (unpaired) electrons. The third-order valence-electron chi connectivity index (χ3n) is 10.5. The van der Waals surface area contributed by atoms with E-state index in [-0.39, 0.29) is 36.7 Å². The number of carbonyl (C=O) groups is 2. The van der Waals surface area contributed by atoms with Crippen molar-refractivity contribution in [2.45, 2.75) is 160 Å². The Kier molecular flexibility index (Phi) is 13.8. The Bertz CT molecular complexity index is 1050. The van der Waals surface area contributed by atoms with Crippen LogP contribution in [0.3, 0.4) is 0 Å². The number of rotatable bonds is 7. The highest BCUT2D eigenvalue weighted by Gasteiger charge is 2.51. The van der Waals surface area contributed by atoms with Gasteiger partial charge >= 0.3 is 5.97 Å². The Hall–Kier alpha value is -1.26. The van der Waals surface area contributed by atoms with Gasteiger partial charge in [0.25, 0.3) is 0 Å². The maximum Gasteiger partial charge on any atom is 0.312 e. The van der Waals surface area contributed by atoms with Gasteiger partial charge in [0.1, 0.15) is 12.2 Å². The van der Waals surface area contributed by atoms with Crippen LogP contribution in [0.1, 0.15) is 81.6 Å². The molecule has 3 heterocycles. The highest BCUT2D eigenvalue weighted by molar-refractivity contribution is 5.84. The second-order valence-corrected chi connectivity index (χ2v) is 15.1. The highest BCUT2D eigenvalue weighted by Crippen LogP contribution is 2.39. The number of nitrogens with one attached hydrogen (secondary N) is 1. The van der Waals surface area contributed by atoms with Gasteiger partial charge in [-0.1, -0.05) is 13.8 Å². The molecule has 3 fully saturated rings. The molecule has 47 heavy (non-hydrogen) atoms. The van der Waals surface area contributed by atoms with Crippen LogP contribution in [0.25, 0.3) is 0 Å². The molecule has 3 saturated heterocycles. The predicted molar refractivity (Wildman–Crippen MR) is 173 cm³/mol. The van der Waals surface area contributed by atoms with Crippen LogP contribution in [0.2, 0.25) is 0 Å². The molecule has 3 aliphatic heterocycles. The van der Waals surface area contributed by atoms with Gasteiger partial charge in [-0.15, -0.1) is 0 Å². The number of Topliss-reactive ketones (excluding diaryl/α,β-unsaturated/α-hetero) is 1. The molecule has 0 amide bonds. The molecule has 3 rings (SSSR count). The molecule has 0 aromatic heterocycles. The van der Waals surface area contributed by atoms with E-state index in [9.17, 15) is 24.9 Å². The van der Waals surface area contributed by atoms with Crippen LogP contribution < -0.4 is 5.32 Å². The summed E-state index contributed by atoms with van der Waals surface area (Å²) in [4.78, 5) is 28.4. The third-order valence-corrected chi connectivity index (χ3v) is 10.5. The Morgan fingerprint density at radius 2 is 1.66 bits per heavy atom. The number of methoxy groups -OCH3 is 1. The van der Waals surface area contributed by atoms with E-state index in [4.69, 9.17) is 28.4 Å². The first-order valence-corrected chi connectivity index (χ1v) is 17.1. The number of likely N-dealkylation sites (N-methyl/N-ethyl adjacent to an activating group) is 1. The van der Waals surface area contributed by atoms with Crippen molar-refractivity contribution in [3.63, 3.8) is 0 Å². The van der Waals surface area contributed by atoms with E-state index >= 15 is 0 Å². The van der Waals surface area contributed by atoms with Crippen molar-refractivity contribution >= 4 is 11.8 Å². The third kappa shape index (κ3) is 9.50. The van der Waals surface area contributed by atoms with E-state index in [1.165, 1.54) is 14.0 Å². The van der Waals surface area contributed by atoms with Crippen molar-refractivity contribution in [2.24, 2.45) is 17.8 Å². The smallest absolute Gasteiger partial charge is 0.312 e. The molecule has 13 nitrogen and oxygen atoms in total. The minimum absolute atomic E-state index is 0.0938. The van der Waals surface area contributed by atoms with E-state index in [1.807, 2.05) is 39.8 Å². The lowest BCUT2D eigenvalue weighted by Gasteiger charge is -2.48. The van der Waals surface area contributed by atoms with Crippen LogP contribution >= 0.6 is 0 Å². The van der Waals surface area contributed by atoms with Gasteiger partial charge in [0, 0.05) is 31.5 Å². The Balaban J connectivity index is 2.10. The standard InChI is InChI=1S/C34H62N2O11/c1-17-14-33(8,41)30(47-32-26(38)24(36(10)11)13-18(2)43-32)19(3)27(45-25-15-34(9,42-12)29(39)23(7)44-25)20(4)31(40)46-28(22(6)37)21(5)35-16-17/h17-21,23-30,32,35,38-39,41H,13-16H2,1-12H3/t17-,18-,19+,20-,21+,23+,24+,25+,26-,27+,28-,29+,30-,32+,33+,34-/m1/s1. The molecular formula is C34H62N2O11. The summed E-state index contributed by atoms with van der Waals surface area (Å²) < 4.78 is 37.0. The number of esters is 1. The number of ether oxygens (including phenoxy) is 6. The van der Waals surface area contributed by atoms with Gasteiger partial charge in [0.15, 0.2) is 24.5 Å². The minimum Gasteiger partial charge on any atom is -0.452 e. The fourth-order valence-electron chi connectivity index (χ4n) is 7.57. The van der Waals surface area contributed by atoms with Gasteiger partial charge in [0.2, 0.25) is 0 Å². The summed E-state index contributed by atoms with van der Waals surface area (Å²) in [6.45, 7) is 16.1. The fourth-order valence-corrected chi connectivity index (χ4v) is 7.57. The average Bonchev–Trinajstić information content (AvgIpc) is 2.98. The lowest BCUT2D eigenvalue weighted by molar-refractivity contribution is -0.317. The number of aliphatic hydroxyl groups is 3. The summed E-state index contributed by atoms with van der Waals surface area (Å²) in [6, 6.07) is -0.731. The summed E-state index contributed by atoms with van der Waals surface area (Å²) in [6.07, 6.45) is -6.76. The maximum absolute atomic E-state index is 13.8. The fraction of sp³-hybridized carbons (Fsp3) is 0.941. The van der Waals surface area contributed by atoms with Gasteiger partial charge < -0.3 is 54.0 Å². The zero-order valence-electron chi connectivity index (χ0n) is 30.5. The van der Waals surface area contributed by atoms with Crippen molar-refractivity contribution in [2.75, 3.05) is 27.7 Å². The molecule has 4 N–H and O–H groups in total. The minimum atomic E-state index is -1.49. The van der Waals surface area contributed by atoms with Gasteiger partial charge in [-0.05, 0) is 87.9 Å². The van der Waals surface area contributed by atoms with Crippen LogP contribution in [0, 0.1) is 17.8 Å². The zero-order chi connectivity index (χ0) is 35.6. The molecular weight excluding hydrogens is 612 g/mol. The molecule has 3 aliphatic rings. The van der Waals surface area contributed by atoms with Crippen LogP contribution in [-0.4, -0.2) is 138 Å².